The van der Waals surface area contributed by atoms with Crippen molar-refractivity contribution in [2.45, 2.75) is 19.5 Å². The van der Waals surface area contributed by atoms with E-state index in [2.05, 4.69) is 10.1 Å². The predicted octanol–water partition coefficient (Wildman–Crippen LogP) is 2.50. The van der Waals surface area contributed by atoms with Gasteiger partial charge < -0.3 is 10.1 Å². The number of rotatable bonds is 5. The number of halogens is 3. The molecule has 0 radical (unpaired) electrons. The lowest BCUT2D eigenvalue weighted by Crippen LogP contribution is -2.35. The van der Waals surface area contributed by atoms with Gasteiger partial charge in [0.05, 0.1) is 17.1 Å². The highest BCUT2D eigenvalue weighted by molar-refractivity contribution is 7.91. The van der Waals surface area contributed by atoms with E-state index in [0.29, 0.717) is 12.8 Å². The van der Waals surface area contributed by atoms with Crippen molar-refractivity contribution in [2.75, 3.05) is 18.1 Å². The van der Waals surface area contributed by atoms with Crippen LogP contribution in [0.3, 0.4) is 0 Å². The van der Waals surface area contributed by atoms with Crippen LogP contribution < -0.4 is 10.1 Å². The quantitative estimate of drug-likeness (QED) is 0.867. The minimum Gasteiger partial charge on any atom is -0.434 e. The Morgan fingerprint density at radius 1 is 1.43 bits per heavy atom. The van der Waals surface area contributed by atoms with Crippen molar-refractivity contribution in [1.29, 1.82) is 0 Å². The second-order valence-electron chi connectivity index (χ2n) is 5.35. The summed E-state index contributed by atoms with van der Waals surface area (Å²) in [5, 5.41) is 2.77. The second-order valence-corrected chi connectivity index (χ2v) is 8.02. The molecule has 1 aromatic carbocycles. The number of alkyl halides is 2. The van der Waals surface area contributed by atoms with Gasteiger partial charge in [-0.15, -0.1) is 0 Å². The number of nitrogens with one attached hydrogen (secondary N) is 1. The predicted molar refractivity (Wildman–Crippen MR) is 81.8 cm³/mol. The summed E-state index contributed by atoms with van der Waals surface area (Å²) < 4.78 is 52.2. The first-order chi connectivity index (χ1) is 10.8. The van der Waals surface area contributed by atoms with Crippen LogP contribution in [0.5, 0.6) is 5.75 Å². The molecule has 1 aliphatic rings. The summed E-state index contributed by atoms with van der Waals surface area (Å²) >= 11 is 5.78. The Morgan fingerprint density at radius 2 is 2.17 bits per heavy atom. The fraction of sp³-hybridized carbons (Fsp3) is 0.500. The van der Waals surface area contributed by atoms with Crippen LogP contribution in [0.2, 0.25) is 5.02 Å². The lowest BCUT2D eigenvalue weighted by molar-refractivity contribution is -0.0501. The molecule has 1 fully saturated rings. The van der Waals surface area contributed by atoms with Gasteiger partial charge in [0.2, 0.25) is 0 Å². The Kier molecular flexibility index (Phi) is 5.80. The number of carbonyl (C=O) groups excluding carboxylic acids is 1. The summed E-state index contributed by atoms with van der Waals surface area (Å²) in [6, 6.07) is 3.75. The van der Waals surface area contributed by atoms with Gasteiger partial charge in [0.15, 0.2) is 9.84 Å². The molecular weight excluding hydrogens is 352 g/mol. The van der Waals surface area contributed by atoms with Crippen molar-refractivity contribution < 1.29 is 26.7 Å². The average Bonchev–Trinajstić information content (AvgIpc) is 2.45. The minimum atomic E-state index is -3.07. The smallest absolute Gasteiger partial charge is 0.387 e. The first kappa shape index (κ1) is 17.9. The van der Waals surface area contributed by atoms with Crippen LogP contribution in [0, 0.1) is 5.92 Å². The molecule has 0 aliphatic carbocycles. The third kappa shape index (κ3) is 5.31. The largest absolute Gasteiger partial charge is 0.434 e. The van der Waals surface area contributed by atoms with Crippen molar-refractivity contribution in [3.05, 3.63) is 28.8 Å². The van der Waals surface area contributed by atoms with E-state index in [4.69, 9.17) is 11.6 Å². The molecular formula is C14H16ClF2NO4S. The van der Waals surface area contributed by atoms with Crippen LogP contribution in [0.25, 0.3) is 0 Å². The number of amides is 1. The van der Waals surface area contributed by atoms with E-state index < -0.39 is 22.4 Å². The van der Waals surface area contributed by atoms with Gasteiger partial charge in [-0.05, 0) is 37.0 Å². The van der Waals surface area contributed by atoms with E-state index in [1.54, 1.807) is 0 Å². The van der Waals surface area contributed by atoms with Crippen LogP contribution in [-0.4, -0.2) is 39.0 Å². The van der Waals surface area contributed by atoms with E-state index in [0.717, 1.165) is 0 Å². The molecule has 9 heteroatoms. The second kappa shape index (κ2) is 7.44. The number of sulfone groups is 1. The zero-order valence-electron chi connectivity index (χ0n) is 12.1. The number of hydrogen-bond donors (Lipinski definition) is 1. The SMILES string of the molecule is O=C(NCC1CCCS(=O)(=O)C1)c1cc(Cl)ccc1OC(F)F. The fourth-order valence-corrected chi connectivity index (χ4v) is 4.44. The zero-order valence-corrected chi connectivity index (χ0v) is 13.7. The molecule has 1 saturated heterocycles. The average molecular weight is 368 g/mol. The third-order valence-corrected chi connectivity index (χ3v) is 5.64. The lowest BCUT2D eigenvalue weighted by atomic mass is 10.1. The van der Waals surface area contributed by atoms with Gasteiger partial charge in [0.1, 0.15) is 5.75 Å². The Bertz CT molecular complexity index is 681. The fourth-order valence-electron chi connectivity index (χ4n) is 2.49. The monoisotopic (exact) mass is 367 g/mol. The number of benzene rings is 1. The van der Waals surface area contributed by atoms with Crippen LogP contribution >= 0.6 is 11.6 Å². The Morgan fingerprint density at radius 3 is 2.83 bits per heavy atom. The van der Waals surface area contributed by atoms with Crippen LogP contribution in [-0.2, 0) is 9.84 Å². The molecule has 0 aromatic heterocycles. The highest BCUT2D eigenvalue weighted by Gasteiger charge is 2.25. The van der Waals surface area contributed by atoms with Crippen molar-refractivity contribution in [2.24, 2.45) is 5.92 Å². The summed E-state index contributed by atoms with van der Waals surface area (Å²) in [6.07, 6.45) is 1.25. The van der Waals surface area contributed by atoms with E-state index in [-0.39, 0.29) is 40.3 Å². The zero-order chi connectivity index (χ0) is 17.0. The van der Waals surface area contributed by atoms with E-state index in [9.17, 15) is 22.0 Å². The summed E-state index contributed by atoms with van der Waals surface area (Å²) in [6.45, 7) is -2.91. The molecule has 0 bridgehead atoms. The standard InChI is InChI=1S/C14H16ClF2NO4S/c15-10-3-4-12(22-14(16)17)11(6-10)13(19)18-7-9-2-1-5-23(20,21)8-9/h3-4,6,9,14H,1-2,5,7-8H2,(H,18,19). The van der Waals surface area contributed by atoms with Crippen molar-refractivity contribution in [3.63, 3.8) is 0 Å². The van der Waals surface area contributed by atoms with E-state index in [1.807, 2.05) is 0 Å². The van der Waals surface area contributed by atoms with Crippen LogP contribution in [0.4, 0.5) is 8.78 Å². The van der Waals surface area contributed by atoms with Crippen LogP contribution in [0.1, 0.15) is 23.2 Å². The van der Waals surface area contributed by atoms with E-state index in [1.165, 1.54) is 18.2 Å². The van der Waals surface area contributed by atoms with Crippen molar-refractivity contribution in [3.8, 4) is 5.75 Å². The topological polar surface area (TPSA) is 72.5 Å². The number of ether oxygens (including phenoxy) is 1. The Hall–Kier alpha value is -1.41. The molecule has 1 aliphatic heterocycles. The lowest BCUT2D eigenvalue weighted by Gasteiger charge is -2.22. The summed E-state index contributed by atoms with van der Waals surface area (Å²) in [5.74, 6) is -0.915. The van der Waals surface area contributed by atoms with Gasteiger partial charge in [0, 0.05) is 11.6 Å². The Balaban J connectivity index is 2.04. The van der Waals surface area contributed by atoms with Crippen molar-refractivity contribution in [1.82, 2.24) is 5.32 Å². The highest BCUT2D eigenvalue weighted by atomic mass is 35.5. The molecule has 0 saturated carbocycles. The molecule has 1 N–H and O–H groups in total. The third-order valence-electron chi connectivity index (χ3n) is 3.51. The summed E-state index contributed by atoms with van der Waals surface area (Å²) in [7, 11) is -3.07. The molecule has 1 atom stereocenters. The summed E-state index contributed by atoms with van der Waals surface area (Å²) in [4.78, 5) is 12.2. The maximum absolute atomic E-state index is 12.4. The van der Waals surface area contributed by atoms with Crippen LogP contribution in [0.15, 0.2) is 18.2 Å². The van der Waals surface area contributed by atoms with Gasteiger partial charge in [-0.25, -0.2) is 8.42 Å². The number of hydrogen-bond acceptors (Lipinski definition) is 4. The molecule has 1 aromatic rings. The maximum Gasteiger partial charge on any atom is 0.387 e. The molecule has 1 amide bonds. The van der Waals surface area contributed by atoms with Crippen molar-refractivity contribution >= 4 is 27.3 Å². The minimum absolute atomic E-state index is 0.0171. The molecule has 1 unspecified atom stereocenters. The first-order valence-corrected chi connectivity index (χ1v) is 9.20. The van der Waals surface area contributed by atoms with Gasteiger partial charge >= 0.3 is 6.61 Å². The molecule has 128 valence electrons. The molecule has 2 rings (SSSR count). The molecule has 23 heavy (non-hydrogen) atoms. The van der Waals surface area contributed by atoms with Gasteiger partial charge in [-0.3, -0.25) is 4.79 Å². The van der Waals surface area contributed by atoms with E-state index >= 15 is 0 Å². The molecule has 0 spiro atoms. The Labute approximate surface area is 137 Å². The molecule has 1 heterocycles. The normalized spacial score (nSPS) is 20.3. The molecule has 5 nitrogen and oxygen atoms in total. The summed E-state index contributed by atoms with van der Waals surface area (Å²) in [5.41, 5.74) is -0.114. The first-order valence-electron chi connectivity index (χ1n) is 7.00. The van der Waals surface area contributed by atoms with Gasteiger partial charge in [0.25, 0.3) is 5.91 Å². The highest BCUT2D eigenvalue weighted by Crippen LogP contribution is 2.25. The maximum atomic E-state index is 12.4. The van der Waals surface area contributed by atoms with Gasteiger partial charge in [-0.1, -0.05) is 11.6 Å². The van der Waals surface area contributed by atoms with Gasteiger partial charge in [-0.2, -0.15) is 8.78 Å². The number of carbonyl (C=O) groups is 1.